The lowest BCUT2D eigenvalue weighted by Gasteiger charge is -2.32. The number of ether oxygens (including phenoxy) is 1. The molecule has 1 aliphatic carbocycles. The zero-order valence-electron chi connectivity index (χ0n) is 16.4. The van der Waals surface area contributed by atoms with Crippen molar-refractivity contribution in [3.63, 3.8) is 0 Å². The van der Waals surface area contributed by atoms with Gasteiger partial charge in [0.1, 0.15) is 0 Å². The predicted molar refractivity (Wildman–Crippen MR) is 100 cm³/mol. The van der Waals surface area contributed by atoms with Crippen LogP contribution in [0, 0.1) is 0 Å². The Balaban J connectivity index is 2.23. The van der Waals surface area contributed by atoms with Crippen molar-refractivity contribution in [1.29, 1.82) is 0 Å². The van der Waals surface area contributed by atoms with Crippen LogP contribution in [-0.2, 0) is 20.7 Å². The number of esters is 1. The molecule has 0 saturated carbocycles. The number of hydrogen-bond donors (Lipinski definition) is 2. The molecule has 2 aliphatic rings. The maximum atomic E-state index is 13.4. The minimum Gasteiger partial charge on any atom is -0.467 e. The van der Waals surface area contributed by atoms with Crippen LogP contribution in [0.25, 0.3) is 0 Å². The lowest BCUT2D eigenvalue weighted by molar-refractivity contribution is -0.154. The summed E-state index contributed by atoms with van der Waals surface area (Å²) in [6, 6.07) is -0.745. The molecule has 1 unspecified atom stereocenters. The number of aromatic nitrogens is 1. The van der Waals surface area contributed by atoms with Crippen LogP contribution in [0.15, 0.2) is 17.8 Å². The molecule has 1 aliphatic heterocycles. The van der Waals surface area contributed by atoms with Crippen LogP contribution in [-0.4, -0.2) is 77.0 Å². The van der Waals surface area contributed by atoms with E-state index in [0.29, 0.717) is 18.4 Å². The van der Waals surface area contributed by atoms with Crippen molar-refractivity contribution >= 4 is 29.5 Å². The van der Waals surface area contributed by atoms with E-state index in [1.54, 1.807) is 6.92 Å². The Morgan fingerprint density at radius 1 is 1.28 bits per heavy atom. The van der Waals surface area contributed by atoms with Gasteiger partial charge in [-0.25, -0.2) is 9.59 Å². The Hall–Kier alpha value is -3.27. The molecule has 0 aromatic carbocycles. The van der Waals surface area contributed by atoms with Crippen molar-refractivity contribution < 1.29 is 28.7 Å². The van der Waals surface area contributed by atoms with Gasteiger partial charge in [-0.2, -0.15) is 0 Å². The number of methoxy groups -OCH3 is 1. The first-order chi connectivity index (χ1) is 13.8. The number of H-pyrrole nitrogens is 1. The largest absolute Gasteiger partial charge is 0.467 e. The van der Waals surface area contributed by atoms with Crippen LogP contribution < -0.4 is 5.73 Å². The SMILES string of the molecule is CCCN1C(=O)N(C)C(C(=O)OC)(C2=CC(=O)c3[nH]cc(CCN)c3C2=O)C1=O. The van der Waals surface area contributed by atoms with Crippen molar-refractivity contribution in [2.24, 2.45) is 5.73 Å². The number of fused-ring (bicyclic) bond motifs is 1. The third-order valence-electron chi connectivity index (χ3n) is 5.26. The van der Waals surface area contributed by atoms with Crippen LogP contribution in [0.4, 0.5) is 4.79 Å². The van der Waals surface area contributed by atoms with Gasteiger partial charge >= 0.3 is 12.0 Å². The highest BCUT2D eigenvalue weighted by Crippen LogP contribution is 2.39. The summed E-state index contributed by atoms with van der Waals surface area (Å²) in [7, 11) is 2.29. The minimum atomic E-state index is -2.36. The fraction of sp³-hybridized carbons (Fsp3) is 0.421. The number of carbonyl (C=O) groups is 5. The molecule has 154 valence electrons. The fourth-order valence-electron chi connectivity index (χ4n) is 3.89. The number of rotatable bonds is 6. The Kier molecular flexibility index (Phi) is 5.14. The molecule has 1 aromatic heterocycles. The molecule has 0 bridgehead atoms. The van der Waals surface area contributed by atoms with Crippen molar-refractivity contribution in [3.05, 3.63) is 34.7 Å². The number of Topliss-reactive ketones (excluding diaryl/α,β-unsaturated/α-hetero) is 1. The number of hydrogen-bond acceptors (Lipinski definition) is 7. The first-order valence-corrected chi connectivity index (χ1v) is 9.16. The van der Waals surface area contributed by atoms with E-state index >= 15 is 0 Å². The Labute approximate surface area is 166 Å². The molecular formula is C19H22N4O6. The van der Waals surface area contributed by atoms with E-state index in [1.165, 1.54) is 13.2 Å². The van der Waals surface area contributed by atoms with Crippen molar-refractivity contribution in [2.45, 2.75) is 25.3 Å². The minimum absolute atomic E-state index is 0.0591. The lowest BCUT2D eigenvalue weighted by atomic mass is 9.78. The second kappa shape index (κ2) is 7.28. The standard InChI is InChI=1S/C19H22N4O6/c1-4-7-23-16(26)19(17(27)29-3,22(2)18(23)28)11-8-12(24)14-13(15(11)25)10(5-6-20)9-21-14/h8-9,21H,4-7,20H2,1-3H3. The van der Waals surface area contributed by atoms with Gasteiger partial charge in [0.15, 0.2) is 5.78 Å². The molecule has 0 radical (unpaired) electrons. The van der Waals surface area contributed by atoms with Gasteiger partial charge in [0.2, 0.25) is 5.78 Å². The summed E-state index contributed by atoms with van der Waals surface area (Å²) >= 11 is 0. The van der Waals surface area contributed by atoms with Gasteiger partial charge in [-0.15, -0.1) is 0 Å². The summed E-state index contributed by atoms with van der Waals surface area (Å²) < 4.78 is 4.82. The number of urea groups is 1. The van der Waals surface area contributed by atoms with Crippen molar-refractivity contribution in [1.82, 2.24) is 14.8 Å². The normalized spacial score (nSPS) is 21.6. The molecule has 2 heterocycles. The molecule has 10 heteroatoms. The first kappa shape index (κ1) is 20.5. The zero-order valence-corrected chi connectivity index (χ0v) is 16.4. The number of imide groups is 1. The molecule has 1 aromatic rings. The third-order valence-corrected chi connectivity index (χ3v) is 5.26. The molecule has 1 atom stereocenters. The average Bonchev–Trinajstić information content (AvgIpc) is 3.20. The van der Waals surface area contributed by atoms with Crippen molar-refractivity contribution in [3.8, 4) is 0 Å². The molecule has 10 nitrogen and oxygen atoms in total. The van der Waals surface area contributed by atoms with Gasteiger partial charge < -0.3 is 15.5 Å². The van der Waals surface area contributed by atoms with Gasteiger partial charge in [-0.3, -0.25) is 24.2 Å². The van der Waals surface area contributed by atoms with E-state index in [-0.39, 0.29) is 24.3 Å². The van der Waals surface area contributed by atoms with E-state index < -0.39 is 40.6 Å². The zero-order chi connectivity index (χ0) is 21.5. The van der Waals surface area contributed by atoms with E-state index in [0.717, 1.165) is 23.0 Å². The summed E-state index contributed by atoms with van der Waals surface area (Å²) in [6.45, 7) is 2.05. The third kappa shape index (κ3) is 2.63. The number of nitrogens with one attached hydrogen (secondary N) is 1. The second-order valence-electron chi connectivity index (χ2n) is 6.85. The van der Waals surface area contributed by atoms with Gasteiger partial charge in [0, 0.05) is 19.8 Å². The van der Waals surface area contributed by atoms with E-state index in [4.69, 9.17) is 10.5 Å². The molecule has 3 N–H and O–H groups in total. The number of ketones is 2. The van der Waals surface area contributed by atoms with Crippen LogP contribution in [0.2, 0.25) is 0 Å². The number of likely N-dealkylation sites (N-methyl/N-ethyl adjacent to an activating group) is 1. The highest BCUT2D eigenvalue weighted by atomic mass is 16.5. The Morgan fingerprint density at radius 2 is 1.97 bits per heavy atom. The van der Waals surface area contributed by atoms with E-state index in [9.17, 15) is 24.0 Å². The maximum absolute atomic E-state index is 13.4. The summed E-state index contributed by atoms with van der Waals surface area (Å²) in [4.78, 5) is 69.5. The first-order valence-electron chi connectivity index (χ1n) is 9.16. The van der Waals surface area contributed by atoms with Gasteiger partial charge in [0.05, 0.1) is 23.9 Å². The number of carbonyl (C=O) groups excluding carboxylic acids is 5. The van der Waals surface area contributed by atoms with Crippen LogP contribution in [0.3, 0.4) is 0 Å². The fourth-order valence-corrected chi connectivity index (χ4v) is 3.89. The number of nitrogens with zero attached hydrogens (tertiary/aromatic N) is 2. The molecule has 1 fully saturated rings. The van der Waals surface area contributed by atoms with E-state index in [2.05, 4.69) is 4.98 Å². The molecule has 29 heavy (non-hydrogen) atoms. The maximum Gasteiger partial charge on any atom is 0.346 e. The molecule has 0 spiro atoms. The van der Waals surface area contributed by atoms with Crippen LogP contribution in [0.5, 0.6) is 0 Å². The summed E-state index contributed by atoms with van der Waals surface area (Å²) in [5.41, 5.74) is 3.44. The van der Waals surface area contributed by atoms with Crippen molar-refractivity contribution in [2.75, 3.05) is 27.2 Å². The van der Waals surface area contributed by atoms with E-state index in [1.807, 2.05) is 0 Å². The summed E-state index contributed by atoms with van der Waals surface area (Å²) in [5, 5.41) is 0. The Bertz CT molecular complexity index is 962. The molecule has 3 amide bonds. The highest BCUT2D eigenvalue weighted by molar-refractivity contribution is 6.33. The molecular weight excluding hydrogens is 380 g/mol. The number of nitrogens with two attached hydrogens (primary N) is 1. The number of amides is 3. The average molecular weight is 402 g/mol. The molecule has 3 rings (SSSR count). The van der Waals surface area contributed by atoms with Crippen LogP contribution in [0.1, 0.15) is 39.8 Å². The topological polar surface area (TPSA) is 143 Å². The Morgan fingerprint density at radius 3 is 2.55 bits per heavy atom. The smallest absolute Gasteiger partial charge is 0.346 e. The predicted octanol–water partition coefficient (Wildman–Crippen LogP) is 0.0371. The second-order valence-corrected chi connectivity index (χ2v) is 6.85. The van der Waals surface area contributed by atoms with Gasteiger partial charge in [-0.1, -0.05) is 6.92 Å². The molecule has 1 saturated heterocycles. The quantitative estimate of drug-likeness (QED) is 0.388. The lowest BCUT2D eigenvalue weighted by Crippen LogP contribution is -2.58. The van der Waals surface area contributed by atoms with Gasteiger partial charge in [0.25, 0.3) is 11.4 Å². The number of aromatic amines is 1. The summed E-state index contributed by atoms with van der Waals surface area (Å²) in [5.74, 6) is -3.29. The number of allylic oxidation sites excluding steroid dienone is 1. The summed E-state index contributed by atoms with van der Waals surface area (Å²) in [6.07, 6.45) is 3.20. The van der Waals surface area contributed by atoms with Crippen LogP contribution >= 0.6 is 0 Å². The highest BCUT2D eigenvalue weighted by Gasteiger charge is 2.66. The monoisotopic (exact) mass is 402 g/mol. The van der Waals surface area contributed by atoms with Gasteiger partial charge in [-0.05, 0) is 31.0 Å².